The topological polar surface area (TPSA) is 83.0 Å². The zero-order chi connectivity index (χ0) is 24.9. The van der Waals surface area contributed by atoms with E-state index in [2.05, 4.69) is 4.98 Å². The summed E-state index contributed by atoms with van der Waals surface area (Å²) in [5.41, 5.74) is 3.01. The number of amides is 1. The molecular weight excluding hydrogens is 442 g/mol. The number of pyridine rings is 1. The second-order valence-corrected chi connectivity index (χ2v) is 8.83. The third kappa shape index (κ3) is 5.25. The molecule has 2 aromatic carbocycles. The molecule has 1 atom stereocenters. The van der Waals surface area contributed by atoms with Crippen LogP contribution in [0.25, 0.3) is 5.76 Å². The van der Waals surface area contributed by atoms with Crippen LogP contribution < -0.4 is 4.74 Å². The van der Waals surface area contributed by atoms with Crippen LogP contribution in [0.15, 0.2) is 78.6 Å². The number of nitrogens with zero attached hydrogens (tertiary/aromatic N) is 3. The molecule has 1 saturated heterocycles. The lowest BCUT2D eigenvalue weighted by Gasteiger charge is -2.26. The minimum atomic E-state index is -0.711. The van der Waals surface area contributed by atoms with Crippen LogP contribution in [-0.2, 0) is 16.2 Å². The van der Waals surface area contributed by atoms with Gasteiger partial charge < -0.3 is 19.6 Å². The fraction of sp³-hybridized carbons (Fsp3) is 0.250. The van der Waals surface area contributed by atoms with Gasteiger partial charge >= 0.3 is 0 Å². The number of rotatable bonds is 8. The van der Waals surface area contributed by atoms with Crippen molar-refractivity contribution >= 4 is 17.4 Å². The van der Waals surface area contributed by atoms with Crippen LogP contribution in [-0.4, -0.2) is 58.8 Å². The number of aryl methyl sites for hydroxylation is 1. The summed E-state index contributed by atoms with van der Waals surface area (Å²) in [7, 11) is 3.81. The van der Waals surface area contributed by atoms with Gasteiger partial charge in [0.15, 0.2) is 0 Å². The first-order valence-corrected chi connectivity index (χ1v) is 11.5. The summed E-state index contributed by atoms with van der Waals surface area (Å²) in [6, 6.07) is 18.0. The molecule has 7 heteroatoms. The standard InChI is InChI=1S/C28H29N3O4/c1-19-16-22(35-18-20-8-5-4-6-9-20)11-12-23(19)26(32)24-25(21-10-7-13-29-17-21)31(15-14-30(2)3)28(34)27(24)33/h4-13,16-17,25,32H,14-15,18H2,1-3H3/b26-24+. The number of benzene rings is 2. The Morgan fingerprint density at radius 2 is 1.86 bits per heavy atom. The number of carbonyl (C=O) groups is 2. The van der Waals surface area contributed by atoms with Crippen molar-refractivity contribution in [2.24, 2.45) is 0 Å². The first kappa shape index (κ1) is 24.2. The van der Waals surface area contributed by atoms with Crippen molar-refractivity contribution < 1.29 is 19.4 Å². The lowest BCUT2D eigenvalue weighted by atomic mass is 9.94. The van der Waals surface area contributed by atoms with E-state index in [9.17, 15) is 14.7 Å². The molecule has 0 radical (unpaired) electrons. The molecule has 180 valence electrons. The highest BCUT2D eigenvalue weighted by molar-refractivity contribution is 6.46. The summed E-state index contributed by atoms with van der Waals surface area (Å²) in [6.45, 7) is 3.19. The van der Waals surface area contributed by atoms with Gasteiger partial charge in [-0.1, -0.05) is 36.4 Å². The zero-order valence-electron chi connectivity index (χ0n) is 20.1. The molecule has 7 nitrogen and oxygen atoms in total. The van der Waals surface area contributed by atoms with Crippen LogP contribution in [0.3, 0.4) is 0 Å². The van der Waals surface area contributed by atoms with Gasteiger partial charge in [-0.25, -0.2) is 0 Å². The SMILES string of the molecule is Cc1cc(OCc2ccccc2)ccc1/C(O)=C1\C(=O)C(=O)N(CCN(C)C)C1c1cccnc1. The maximum Gasteiger partial charge on any atom is 0.295 e. The summed E-state index contributed by atoms with van der Waals surface area (Å²) < 4.78 is 5.89. The van der Waals surface area contributed by atoms with Crippen molar-refractivity contribution in [3.8, 4) is 5.75 Å². The Balaban J connectivity index is 1.68. The van der Waals surface area contributed by atoms with Gasteiger partial charge in [0, 0.05) is 31.0 Å². The van der Waals surface area contributed by atoms with Crippen molar-refractivity contribution in [3.05, 3.63) is 101 Å². The minimum absolute atomic E-state index is 0.0720. The first-order chi connectivity index (χ1) is 16.9. The number of carbonyl (C=O) groups excluding carboxylic acids is 2. The summed E-state index contributed by atoms with van der Waals surface area (Å²) in [5.74, 6) is -0.864. The number of likely N-dealkylation sites (tertiary alicyclic amines) is 1. The summed E-state index contributed by atoms with van der Waals surface area (Å²) in [4.78, 5) is 33.7. The second kappa shape index (κ2) is 10.5. The smallest absolute Gasteiger partial charge is 0.295 e. The van der Waals surface area contributed by atoms with E-state index in [4.69, 9.17) is 4.74 Å². The maximum absolute atomic E-state index is 13.1. The Labute approximate surface area is 205 Å². The molecule has 1 N–H and O–H groups in total. The van der Waals surface area contributed by atoms with Crippen molar-refractivity contribution in [3.63, 3.8) is 0 Å². The second-order valence-electron chi connectivity index (χ2n) is 8.83. The van der Waals surface area contributed by atoms with Crippen LogP contribution in [0, 0.1) is 6.92 Å². The van der Waals surface area contributed by atoms with Gasteiger partial charge in [0.1, 0.15) is 18.1 Å². The Kier molecular flexibility index (Phi) is 7.27. The molecule has 1 aromatic heterocycles. The third-order valence-corrected chi connectivity index (χ3v) is 6.03. The van der Waals surface area contributed by atoms with Crippen molar-refractivity contribution in [1.29, 1.82) is 0 Å². The predicted octanol–water partition coefficient (Wildman–Crippen LogP) is 3.95. The molecule has 2 heterocycles. The molecule has 35 heavy (non-hydrogen) atoms. The highest BCUT2D eigenvalue weighted by atomic mass is 16.5. The molecule has 4 rings (SSSR count). The Bertz CT molecular complexity index is 1240. The number of likely N-dealkylation sites (N-methyl/N-ethyl adjacent to an activating group) is 1. The normalized spacial score (nSPS) is 17.3. The Hall–Kier alpha value is -3.97. The highest BCUT2D eigenvalue weighted by Crippen LogP contribution is 2.39. The maximum atomic E-state index is 13.1. The number of ether oxygens (including phenoxy) is 1. The van der Waals surface area contributed by atoms with Crippen LogP contribution >= 0.6 is 0 Å². The number of ketones is 1. The van der Waals surface area contributed by atoms with Gasteiger partial charge in [-0.2, -0.15) is 0 Å². The molecule has 1 aliphatic heterocycles. The van der Waals surface area contributed by atoms with Crippen LogP contribution in [0.5, 0.6) is 5.75 Å². The van der Waals surface area contributed by atoms with E-state index in [-0.39, 0.29) is 11.3 Å². The third-order valence-electron chi connectivity index (χ3n) is 6.03. The van der Waals surface area contributed by atoms with Gasteiger partial charge in [0.2, 0.25) is 0 Å². The predicted molar refractivity (Wildman–Crippen MR) is 134 cm³/mol. The molecule has 1 amide bonds. The zero-order valence-corrected chi connectivity index (χ0v) is 20.1. The number of aliphatic hydroxyl groups excluding tert-OH is 1. The fourth-order valence-corrected chi connectivity index (χ4v) is 4.18. The van der Waals surface area contributed by atoms with Crippen LogP contribution in [0.2, 0.25) is 0 Å². The van der Waals surface area contributed by atoms with Crippen LogP contribution in [0.4, 0.5) is 0 Å². The largest absolute Gasteiger partial charge is 0.507 e. The Morgan fingerprint density at radius 1 is 1.09 bits per heavy atom. The van der Waals surface area contributed by atoms with E-state index >= 15 is 0 Å². The van der Waals surface area contributed by atoms with E-state index in [1.807, 2.05) is 68.4 Å². The molecule has 3 aromatic rings. The quantitative estimate of drug-likeness (QED) is 0.304. The summed E-state index contributed by atoms with van der Waals surface area (Å²) in [6.07, 6.45) is 3.26. The van der Waals surface area contributed by atoms with Crippen LogP contribution in [0.1, 0.15) is 28.3 Å². The average Bonchev–Trinajstić information content (AvgIpc) is 3.12. The fourth-order valence-electron chi connectivity index (χ4n) is 4.18. The molecule has 0 aliphatic carbocycles. The number of hydrogen-bond acceptors (Lipinski definition) is 6. The van der Waals surface area contributed by atoms with Gasteiger partial charge in [0.05, 0.1) is 11.6 Å². The number of Topliss-reactive ketones (excluding diaryl/α,β-unsaturated/α-hetero) is 1. The van der Waals surface area contributed by atoms with E-state index in [1.54, 1.807) is 30.6 Å². The monoisotopic (exact) mass is 471 g/mol. The lowest BCUT2D eigenvalue weighted by Crippen LogP contribution is -2.35. The molecule has 1 unspecified atom stereocenters. The number of aliphatic hydroxyl groups is 1. The van der Waals surface area contributed by atoms with E-state index in [0.29, 0.717) is 36.6 Å². The molecular formula is C28H29N3O4. The summed E-state index contributed by atoms with van der Waals surface area (Å²) >= 11 is 0. The molecule has 0 saturated carbocycles. The van der Waals surface area contributed by atoms with Gasteiger partial charge in [0.25, 0.3) is 11.7 Å². The van der Waals surface area contributed by atoms with E-state index in [1.165, 1.54) is 4.90 Å². The summed E-state index contributed by atoms with van der Waals surface area (Å²) in [5, 5.41) is 11.3. The van der Waals surface area contributed by atoms with Crippen molar-refractivity contribution in [2.75, 3.05) is 27.2 Å². The van der Waals surface area contributed by atoms with E-state index in [0.717, 1.165) is 11.1 Å². The number of aromatic nitrogens is 1. The van der Waals surface area contributed by atoms with Gasteiger partial charge in [-0.05, 0) is 62.0 Å². The van der Waals surface area contributed by atoms with Crippen molar-refractivity contribution in [2.45, 2.75) is 19.6 Å². The molecule has 1 fully saturated rings. The minimum Gasteiger partial charge on any atom is -0.507 e. The lowest BCUT2D eigenvalue weighted by molar-refractivity contribution is -0.140. The van der Waals surface area contributed by atoms with Crippen molar-refractivity contribution in [1.82, 2.24) is 14.8 Å². The molecule has 1 aliphatic rings. The van der Waals surface area contributed by atoms with E-state index < -0.39 is 17.7 Å². The first-order valence-electron chi connectivity index (χ1n) is 11.5. The molecule has 0 bridgehead atoms. The number of hydrogen-bond donors (Lipinski definition) is 1. The van der Waals surface area contributed by atoms with Gasteiger partial charge in [-0.15, -0.1) is 0 Å². The highest BCUT2D eigenvalue weighted by Gasteiger charge is 2.46. The molecule has 0 spiro atoms. The Morgan fingerprint density at radius 3 is 2.51 bits per heavy atom. The average molecular weight is 472 g/mol. The van der Waals surface area contributed by atoms with Gasteiger partial charge in [-0.3, -0.25) is 14.6 Å².